The molecule has 1 rings (SSSR count). The second kappa shape index (κ2) is 3.63. The standard InChI is InChI=1S/C7H14N2O3S/c1-13(11,12)3-2-7(10)9-6-4-5(6)8/h5-6H,2-4,8H2,1H3,(H,9,10). The molecule has 2 unspecified atom stereocenters. The molecular weight excluding hydrogens is 192 g/mol. The molecule has 0 radical (unpaired) electrons. The lowest BCUT2D eigenvalue weighted by Crippen LogP contribution is -2.30. The molecule has 0 aromatic carbocycles. The number of carbonyl (C=O) groups is 1. The zero-order valence-electron chi connectivity index (χ0n) is 7.49. The Morgan fingerprint density at radius 1 is 1.62 bits per heavy atom. The lowest BCUT2D eigenvalue weighted by atomic mass is 10.4. The lowest BCUT2D eigenvalue weighted by molar-refractivity contribution is -0.120. The monoisotopic (exact) mass is 206 g/mol. The third kappa shape index (κ3) is 4.23. The van der Waals surface area contributed by atoms with E-state index in [1.54, 1.807) is 0 Å². The molecule has 3 N–H and O–H groups in total. The van der Waals surface area contributed by atoms with E-state index in [9.17, 15) is 13.2 Å². The number of nitrogens with two attached hydrogens (primary N) is 1. The summed E-state index contributed by atoms with van der Waals surface area (Å²) in [5.74, 6) is -0.329. The van der Waals surface area contributed by atoms with Crippen molar-refractivity contribution in [3.8, 4) is 0 Å². The molecule has 0 aliphatic heterocycles. The molecule has 0 saturated heterocycles. The van der Waals surface area contributed by atoms with Crippen LogP contribution in [-0.4, -0.2) is 38.4 Å². The van der Waals surface area contributed by atoms with E-state index in [1.807, 2.05) is 0 Å². The van der Waals surface area contributed by atoms with Crippen LogP contribution < -0.4 is 11.1 Å². The lowest BCUT2D eigenvalue weighted by Gasteiger charge is -2.01. The molecule has 0 aromatic rings. The van der Waals surface area contributed by atoms with Gasteiger partial charge < -0.3 is 11.1 Å². The molecule has 1 amide bonds. The predicted molar refractivity (Wildman–Crippen MR) is 48.9 cm³/mol. The molecule has 13 heavy (non-hydrogen) atoms. The predicted octanol–water partition coefficient (Wildman–Crippen LogP) is -1.36. The van der Waals surface area contributed by atoms with Crippen LogP contribution in [-0.2, 0) is 14.6 Å². The van der Waals surface area contributed by atoms with Crippen molar-refractivity contribution in [3.05, 3.63) is 0 Å². The first-order valence-corrected chi connectivity index (χ1v) is 6.17. The molecule has 1 aliphatic rings. The Hall–Kier alpha value is -0.620. The van der Waals surface area contributed by atoms with Crippen molar-refractivity contribution in [2.24, 2.45) is 5.73 Å². The van der Waals surface area contributed by atoms with E-state index in [0.29, 0.717) is 0 Å². The SMILES string of the molecule is CS(=O)(=O)CCC(=O)NC1CC1N. The molecule has 0 heterocycles. The van der Waals surface area contributed by atoms with Crippen molar-refractivity contribution >= 4 is 15.7 Å². The van der Waals surface area contributed by atoms with E-state index in [0.717, 1.165) is 12.7 Å². The summed E-state index contributed by atoms with van der Waals surface area (Å²) >= 11 is 0. The van der Waals surface area contributed by atoms with Gasteiger partial charge in [0.05, 0.1) is 5.75 Å². The molecule has 1 saturated carbocycles. The Morgan fingerprint density at radius 2 is 2.15 bits per heavy atom. The first kappa shape index (κ1) is 10.5. The first-order chi connectivity index (χ1) is 5.88. The fraction of sp³-hybridized carbons (Fsp3) is 0.857. The Kier molecular flexibility index (Phi) is 2.92. The molecule has 0 spiro atoms. The Labute approximate surface area is 77.6 Å². The zero-order chi connectivity index (χ0) is 10.1. The van der Waals surface area contributed by atoms with Gasteiger partial charge in [-0.1, -0.05) is 0 Å². The summed E-state index contributed by atoms with van der Waals surface area (Å²) in [6, 6.07) is 0.120. The minimum atomic E-state index is -3.04. The van der Waals surface area contributed by atoms with E-state index in [2.05, 4.69) is 5.32 Å². The smallest absolute Gasteiger partial charge is 0.221 e. The highest BCUT2D eigenvalue weighted by Gasteiger charge is 2.34. The molecule has 1 fully saturated rings. The second-order valence-corrected chi connectivity index (χ2v) is 5.71. The topological polar surface area (TPSA) is 89.3 Å². The van der Waals surface area contributed by atoms with Crippen LogP contribution in [0.4, 0.5) is 0 Å². The van der Waals surface area contributed by atoms with Crippen molar-refractivity contribution in [2.45, 2.75) is 24.9 Å². The van der Waals surface area contributed by atoms with E-state index in [1.165, 1.54) is 0 Å². The molecule has 0 aromatic heterocycles. The van der Waals surface area contributed by atoms with E-state index >= 15 is 0 Å². The van der Waals surface area contributed by atoms with Gasteiger partial charge in [-0.3, -0.25) is 4.79 Å². The maximum Gasteiger partial charge on any atom is 0.221 e. The van der Waals surface area contributed by atoms with Gasteiger partial charge in [0.1, 0.15) is 9.84 Å². The quantitative estimate of drug-likeness (QED) is 0.594. The number of hydrogen-bond donors (Lipinski definition) is 2. The summed E-state index contributed by atoms with van der Waals surface area (Å²) in [4.78, 5) is 11.1. The van der Waals surface area contributed by atoms with Crippen LogP contribution in [0.25, 0.3) is 0 Å². The van der Waals surface area contributed by atoms with E-state index in [4.69, 9.17) is 5.73 Å². The second-order valence-electron chi connectivity index (χ2n) is 3.45. The van der Waals surface area contributed by atoms with E-state index in [-0.39, 0.29) is 30.2 Å². The van der Waals surface area contributed by atoms with Crippen LogP contribution in [0, 0.1) is 0 Å². The van der Waals surface area contributed by atoms with Gasteiger partial charge in [0, 0.05) is 24.8 Å². The molecule has 1 aliphatic carbocycles. The van der Waals surface area contributed by atoms with Crippen LogP contribution in [0.15, 0.2) is 0 Å². The van der Waals surface area contributed by atoms with Crippen LogP contribution in [0.5, 0.6) is 0 Å². The van der Waals surface area contributed by atoms with Gasteiger partial charge in [0.15, 0.2) is 0 Å². The Balaban J connectivity index is 2.19. The third-order valence-electron chi connectivity index (χ3n) is 1.89. The van der Waals surface area contributed by atoms with Crippen molar-refractivity contribution in [2.75, 3.05) is 12.0 Å². The summed E-state index contributed by atoms with van der Waals surface area (Å²) in [5.41, 5.74) is 5.46. The van der Waals surface area contributed by atoms with Gasteiger partial charge in [-0.15, -0.1) is 0 Å². The molecule has 6 heteroatoms. The van der Waals surface area contributed by atoms with Crippen molar-refractivity contribution in [1.29, 1.82) is 0 Å². The highest BCUT2D eigenvalue weighted by Crippen LogP contribution is 2.17. The maximum atomic E-state index is 11.1. The summed E-state index contributed by atoms with van der Waals surface area (Å²) < 4.78 is 21.4. The van der Waals surface area contributed by atoms with Gasteiger partial charge >= 0.3 is 0 Å². The molecule has 0 bridgehead atoms. The van der Waals surface area contributed by atoms with Crippen molar-refractivity contribution in [3.63, 3.8) is 0 Å². The maximum absolute atomic E-state index is 11.1. The summed E-state index contributed by atoms with van der Waals surface area (Å²) in [6.45, 7) is 0. The van der Waals surface area contributed by atoms with Crippen LogP contribution in [0.3, 0.4) is 0 Å². The number of sulfone groups is 1. The Bertz CT molecular complexity index is 299. The van der Waals surface area contributed by atoms with E-state index < -0.39 is 9.84 Å². The van der Waals surface area contributed by atoms with Gasteiger partial charge in [-0.2, -0.15) is 0 Å². The average molecular weight is 206 g/mol. The minimum Gasteiger partial charge on any atom is -0.352 e. The number of carbonyl (C=O) groups excluding carboxylic acids is 1. The molecule has 76 valence electrons. The number of rotatable bonds is 4. The largest absolute Gasteiger partial charge is 0.352 e. The first-order valence-electron chi connectivity index (χ1n) is 4.11. The summed E-state index contributed by atoms with van der Waals surface area (Å²) in [6.07, 6.45) is 1.94. The summed E-state index contributed by atoms with van der Waals surface area (Å²) in [5, 5.41) is 2.65. The zero-order valence-corrected chi connectivity index (χ0v) is 8.30. The number of nitrogens with one attached hydrogen (secondary N) is 1. The van der Waals surface area contributed by atoms with Gasteiger partial charge in [0.25, 0.3) is 0 Å². The van der Waals surface area contributed by atoms with Gasteiger partial charge in [0.2, 0.25) is 5.91 Å². The van der Waals surface area contributed by atoms with Gasteiger partial charge in [-0.25, -0.2) is 8.42 Å². The van der Waals surface area contributed by atoms with Crippen LogP contribution in [0.1, 0.15) is 12.8 Å². The van der Waals surface area contributed by atoms with Crippen LogP contribution >= 0.6 is 0 Å². The average Bonchev–Trinajstić information content (AvgIpc) is 2.61. The summed E-state index contributed by atoms with van der Waals surface area (Å²) in [7, 11) is -3.04. The molecular formula is C7H14N2O3S. The minimum absolute atomic E-state index is 0.0298. The molecule has 5 nitrogen and oxygen atoms in total. The fourth-order valence-corrected chi connectivity index (χ4v) is 1.49. The Morgan fingerprint density at radius 3 is 2.54 bits per heavy atom. The van der Waals surface area contributed by atoms with Gasteiger partial charge in [-0.05, 0) is 6.42 Å². The van der Waals surface area contributed by atoms with Crippen molar-refractivity contribution < 1.29 is 13.2 Å². The third-order valence-corrected chi connectivity index (χ3v) is 2.83. The fourth-order valence-electron chi connectivity index (χ4n) is 0.938. The highest BCUT2D eigenvalue weighted by molar-refractivity contribution is 7.90. The number of hydrogen-bond acceptors (Lipinski definition) is 4. The highest BCUT2D eigenvalue weighted by atomic mass is 32.2. The molecule has 2 atom stereocenters. The normalized spacial score (nSPS) is 26.9. The van der Waals surface area contributed by atoms with Crippen LogP contribution in [0.2, 0.25) is 0 Å². The van der Waals surface area contributed by atoms with Crippen molar-refractivity contribution in [1.82, 2.24) is 5.32 Å². The number of amides is 1.